The van der Waals surface area contributed by atoms with E-state index in [-0.39, 0.29) is 5.91 Å². The molecule has 0 radical (unpaired) electrons. The quantitative estimate of drug-likeness (QED) is 0.896. The van der Waals surface area contributed by atoms with Crippen molar-refractivity contribution >= 4 is 5.91 Å². The number of hydrogen-bond acceptors (Lipinski definition) is 3. The number of aromatic nitrogens is 2. The van der Waals surface area contributed by atoms with Crippen LogP contribution in [0.2, 0.25) is 0 Å². The zero-order valence-electron chi connectivity index (χ0n) is 12.1. The summed E-state index contributed by atoms with van der Waals surface area (Å²) in [5.74, 6) is 0.999. The zero-order chi connectivity index (χ0) is 14.0. The number of carbonyl (C=O) groups is 1. The molecule has 0 aliphatic carbocycles. The predicted molar refractivity (Wildman–Crippen MR) is 75.0 cm³/mol. The average Bonchev–Trinajstić information content (AvgIpc) is 2.80. The van der Waals surface area contributed by atoms with Crippen LogP contribution in [0.5, 0.6) is 0 Å². The maximum atomic E-state index is 12.4. The average molecular weight is 264 g/mol. The molecule has 0 aromatic carbocycles. The normalized spacial score (nSPS) is 17.2. The lowest BCUT2D eigenvalue weighted by atomic mass is 9.97. The van der Waals surface area contributed by atoms with Gasteiger partial charge in [0, 0.05) is 25.8 Å². The zero-order valence-corrected chi connectivity index (χ0v) is 12.1. The van der Waals surface area contributed by atoms with Crippen molar-refractivity contribution in [1.82, 2.24) is 14.7 Å². The summed E-state index contributed by atoms with van der Waals surface area (Å²) in [5, 5.41) is 4.35. The molecule has 1 aliphatic heterocycles. The third-order valence-electron chi connectivity index (χ3n) is 3.96. The van der Waals surface area contributed by atoms with Crippen molar-refractivity contribution in [2.24, 2.45) is 18.7 Å². The van der Waals surface area contributed by atoms with Crippen molar-refractivity contribution < 1.29 is 4.79 Å². The minimum atomic E-state index is 0.0537. The monoisotopic (exact) mass is 264 g/mol. The van der Waals surface area contributed by atoms with Gasteiger partial charge in [0.2, 0.25) is 0 Å². The Morgan fingerprint density at radius 2 is 2.11 bits per heavy atom. The summed E-state index contributed by atoms with van der Waals surface area (Å²) in [5.41, 5.74) is 7.34. The number of nitrogens with two attached hydrogens (primary N) is 1. The second kappa shape index (κ2) is 5.74. The van der Waals surface area contributed by atoms with Crippen molar-refractivity contribution in [3.05, 3.63) is 17.5 Å². The first-order chi connectivity index (χ1) is 9.02. The fourth-order valence-corrected chi connectivity index (χ4v) is 2.66. The number of carbonyl (C=O) groups excluding carboxylic acids is 1. The van der Waals surface area contributed by atoms with Gasteiger partial charge >= 0.3 is 0 Å². The lowest BCUT2D eigenvalue weighted by Crippen LogP contribution is -2.40. The van der Waals surface area contributed by atoms with E-state index >= 15 is 0 Å². The molecule has 1 amide bonds. The summed E-state index contributed by atoms with van der Waals surface area (Å²) >= 11 is 0. The van der Waals surface area contributed by atoms with Crippen LogP contribution in [-0.2, 0) is 7.05 Å². The number of hydrogen-bond donors (Lipinski definition) is 1. The molecule has 19 heavy (non-hydrogen) atoms. The molecule has 1 fully saturated rings. The number of aryl methyl sites for hydroxylation is 1. The Hall–Kier alpha value is -1.36. The van der Waals surface area contributed by atoms with Crippen LogP contribution in [0.3, 0.4) is 0 Å². The smallest absolute Gasteiger partial charge is 0.274 e. The number of nitrogens with zero attached hydrogens (tertiary/aromatic N) is 3. The fourth-order valence-electron chi connectivity index (χ4n) is 2.66. The Kier molecular flexibility index (Phi) is 4.24. The molecule has 5 nitrogen and oxygen atoms in total. The van der Waals surface area contributed by atoms with Crippen LogP contribution in [0.4, 0.5) is 0 Å². The van der Waals surface area contributed by atoms with Gasteiger partial charge < -0.3 is 10.6 Å². The largest absolute Gasteiger partial charge is 0.337 e. The molecule has 1 saturated heterocycles. The molecule has 2 N–H and O–H groups in total. The highest BCUT2D eigenvalue weighted by Crippen LogP contribution is 2.20. The van der Waals surface area contributed by atoms with Crippen LogP contribution in [0.25, 0.3) is 0 Å². The van der Waals surface area contributed by atoms with Gasteiger partial charge in [-0.3, -0.25) is 9.48 Å². The minimum absolute atomic E-state index is 0.0537. The first kappa shape index (κ1) is 14.1. The Labute approximate surface area is 114 Å². The predicted octanol–water partition coefficient (Wildman–Crippen LogP) is 1.35. The van der Waals surface area contributed by atoms with Crippen molar-refractivity contribution in [1.29, 1.82) is 0 Å². The number of rotatable bonds is 3. The highest BCUT2D eigenvalue weighted by Gasteiger charge is 2.25. The van der Waals surface area contributed by atoms with Crippen LogP contribution >= 0.6 is 0 Å². The van der Waals surface area contributed by atoms with Crippen LogP contribution in [0, 0.1) is 5.92 Å². The van der Waals surface area contributed by atoms with Gasteiger partial charge in [-0.15, -0.1) is 0 Å². The molecule has 1 aliphatic rings. The molecule has 0 saturated carbocycles. The molecule has 1 aromatic rings. The summed E-state index contributed by atoms with van der Waals surface area (Å²) < 4.78 is 1.81. The number of likely N-dealkylation sites (tertiary alicyclic amines) is 1. The molecular weight excluding hydrogens is 240 g/mol. The van der Waals surface area contributed by atoms with E-state index < -0.39 is 0 Å². The molecule has 0 spiro atoms. The number of amides is 1. The molecule has 0 atom stereocenters. The Morgan fingerprint density at radius 3 is 2.58 bits per heavy atom. The maximum Gasteiger partial charge on any atom is 0.274 e. The van der Waals surface area contributed by atoms with E-state index in [0.717, 1.165) is 38.2 Å². The van der Waals surface area contributed by atoms with Gasteiger partial charge in [-0.1, -0.05) is 13.8 Å². The fraction of sp³-hybridized carbons (Fsp3) is 0.714. The second-order valence-electron chi connectivity index (χ2n) is 5.70. The first-order valence-corrected chi connectivity index (χ1v) is 7.06. The van der Waals surface area contributed by atoms with Crippen molar-refractivity contribution in [3.8, 4) is 0 Å². The van der Waals surface area contributed by atoms with E-state index in [2.05, 4.69) is 18.9 Å². The van der Waals surface area contributed by atoms with E-state index in [0.29, 0.717) is 17.5 Å². The standard InChI is InChI=1S/C14H24N4O/c1-10(2)13-8-12(16-17(13)3)14(19)18-6-4-11(9-15)5-7-18/h8,10-11H,4-7,9,15H2,1-3H3. The van der Waals surface area contributed by atoms with Gasteiger partial charge in [0.1, 0.15) is 0 Å². The molecule has 2 rings (SSSR count). The van der Waals surface area contributed by atoms with Crippen molar-refractivity contribution in [3.63, 3.8) is 0 Å². The molecule has 2 heterocycles. The van der Waals surface area contributed by atoms with Gasteiger partial charge in [-0.25, -0.2) is 0 Å². The third-order valence-corrected chi connectivity index (χ3v) is 3.96. The van der Waals surface area contributed by atoms with Crippen LogP contribution < -0.4 is 5.73 Å². The van der Waals surface area contributed by atoms with Gasteiger partial charge in [0.15, 0.2) is 5.69 Å². The van der Waals surface area contributed by atoms with E-state index in [1.165, 1.54) is 0 Å². The topological polar surface area (TPSA) is 64.2 Å². The van der Waals surface area contributed by atoms with Gasteiger partial charge in [-0.2, -0.15) is 5.10 Å². The van der Waals surface area contributed by atoms with E-state index in [4.69, 9.17) is 5.73 Å². The van der Waals surface area contributed by atoms with Gasteiger partial charge in [0.25, 0.3) is 5.91 Å². The summed E-state index contributed by atoms with van der Waals surface area (Å²) in [6.45, 7) is 6.54. The third kappa shape index (κ3) is 2.97. The Bertz CT molecular complexity index is 444. The maximum absolute atomic E-state index is 12.4. The van der Waals surface area contributed by atoms with Crippen molar-refractivity contribution in [2.45, 2.75) is 32.6 Å². The molecule has 106 valence electrons. The lowest BCUT2D eigenvalue weighted by molar-refractivity contribution is 0.0686. The van der Waals surface area contributed by atoms with Crippen LogP contribution in [-0.4, -0.2) is 40.2 Å². The summed E-state index contributed by atoms with van der Waals surface area (Å²) in [6, 6.07) is 1.92. The highest BCUT2D eigenvalue weighted by molar-refractivity contribution is 5.92. The van der Waals surface area contributed by atoms with Crippen LogP contribution in [0.15, 0.2) is 6.07 Å². The lowest BCUT2D eigenvalue weighted by Gasteiger charge is -2.30. The first-order valence-electron chi connectivity index (χ1n) is 7.06. The molecule has 5 heteroatoms. The molecule has 0 bridgehead atoms. The summed E-state index contributed by atoms with van der Waals surface area (Å²) in [4.78, 5) is 14.3. The van der Waals surface area contributed by atoms with Gasteiger partial charge in [0.05, 0.1) is 0 Å². The SMILES string of the molecule is CC(C)c1cc(C(=O)N2CCC(CN)CC2)nn1C. The van der Waals surface area contributed by atoms with Crippen LogP contribution in [0.1, 0.15) is 48.8 Å². The molecular formula is C14H24N4O. The van der Waals surface area contributed by atoms with Crippen molar-refractivity contribution in [2.75, 3.05) is 19.6 Å². The Balaban J connectivity index is 2.06. The summed E-state index contributed by atoms with van der Waals surface area (Å²) in [6.07, 6.45) is 2.01. The van der Waals surface area contributed by atoms with Gasteiger partial charge in [-0.05, 0) is 37.3 Å². The Morgan fingerprint density at radius 1 is 1.47 bits per heavy atom. The van der Waals surface area contributed by atoms with E-state index in [9.17, 15) is 4.79 Å². The minimum Gasteiger partial charge on any atom is -0.337 e. The van der Waals surface area contributed by atoms with E-state index in [1.54, 1.807) is 0 Å². The number of piperidine rings is 1. The van der Waals surface area contributed by atoms with E-state index in [1.807, 2.05) is 22.7 Å². The molecule has 1 aromatic heterocycles. The second-order valence-corrected chi connectivity index (χ2v) is 5.70. The highest BCUT2D eigenvalue weighted by atomic mass is 16.2. The molecule has 0 unspecified atom stereocenters. The summed E-state index contributed by atoms with van der Waals surface area (Å²) in [7, 11) is 1.90.